The number of benzene rings is 4. The largest absolute Gasteiger partial charge is 0.489 e. The van der Waals surface area contributed by atoms with Gasteiger partial charge in [0, 0.05) is 5.56 Å². The van der Waals surface area contributed by atoms with E-state index in [9.17, 15) is 4.79 Å². The summed E-state index contributed by atoms with van der Waals surface area (Å²) in [5, 5.41) is 13.7. The van der Waals surface area contributed by atoms with E-state index in [0.29, 0.717) is 23.7 Å². The van der Waals surface area contributed by atoms with Crippen molar-refractivity contribution < 1.29 is 9.53 Å². The molecule has 0 unspecified atom stereocenters. The molecule has 0 aliphatic carbocycles. The second-order valence-corrected chi connectivity index (χ2v) is 8.17. The zero-order valence-corrected chi connectivity index (χ0v) is 19.2. The Labute approximate surface area is 203 Å². The lowest BCUT2D eigenvalue weighted by molar-refractivity contribution is 0.0950. The molecule has 4 aromatic carbocycles. The zero-order chi connectivity index (χ0) is 24.0. The SMILES string of the molecule is C/C(=N/NC(=O)c1cc(-c2cccc(OCc3ccccc3)c2)n[nH]1)c1ccc2ccccc2c1. The van der Waals surface area contributed by atoms with E-state index in [1.807, 2.05) is 85.8 Å². The van der Waals surface area contributed by atoms with Crippen LogP contribution in [0.4, 0.5) is 0 Å². The zero-order valence-electron chi connectivity index (χ0n) is 19.2. The topological polar surface area (TPSA) is 79.4 Å². The highest BCUT2D eigenvalue weighted by Gasteiger charge is 2.12. The van der Waals surface area contributed by atoms with E-state index in [4.69, 9.17) is 4.74 Å². The molecule has 5 aromatic rings. The summed E-state index contributed by atoms with van der Waals surface area (Å²) in [5.74, 6) is 0.372. The number of nitrogens with zero attached hydrogens (tertiary/aromatic N) is 2. The Kier molecular flexibility index (Phi) is 6.35. The molecule has 1 amide bonds. The highest BCUT2D eigenvalue weighted by molar-refractivity contribution is 6.03. The van der Waals surface area contributed by atoms with E-state index in [1.54, 1.807) is 6.07 Å². The molecular formula is C29H24N4O2. The number of ether oxygens (including phenoxy) is 1. The van der Waals surface area contributed by atoms with Crippen LogP contribution in [0.3, 0.4) is 0 Å². The number of rotatable bonds is 7. The Balaban J connectivity index is 1.25. The van der Waals surface area contributed by atoms with Gasteiger partial charge in [-0.3, -0.25) is 9.89 Å². The number of nitrogens with one attached hydrogen (secondary N) is 2. The van der Waals surface area contributed by atoms with E-state index < -0.39 is 0 Å². The van der Waals surface area contributed by atoms with Gasteiger partial charge in [0.2, 0.25) is 0 Å². The first-order valence-corrected chi connectivity index (χ1v) is 11.3. The van der Waals surface area contributed by atoms with Gasteiger partial charge >= 0.3 is 0 Å². The minimum Gasteiger partial charge on any atom is -0.489 e. The molecule has 1 heterocycles. The van der Waals surface area contributed by atoms with Gasteiger partial charge in [-0.1, -0.05) is 78.9 Å². The molecular weight excluding hydrogens is 436 g/mol. The van der Waals surface area contributed by atoms with Crippen LogP contribution >= 0.6 is 0 Å². The van der Waals surface area contributed by atoms with E-state index in [0.717, 1.165) is 33.2 Å². The Hall–Kier alpha value is -4.71. The van der Waals surface area contributed by atoms with Crippen LogP contribution in [0.5, 0.6) is 5.75 Å². The van der Waals surface area contributed by atoms with Crippen LogP contribution in [-0.2, 0) is 6.61 Å². The average Bonchev–Trinajstić information content (AvgIpc) is 3.41. The molecule has 0 radical (unpaired) electrons. The standard InChI is InChI=1S/C29H24N4O2/c1-20(23-15-14-22-10-5-6-11-24(22)16-23)30-33-29(34)28-18-27(31-32-28)25-12-7-13-26(17-25)35-19-21-8-3-2-4-9-21/h2-18H,19H2,1H3,(H,31,32)(H,33,34)/b30-20-. The smallest absolute Gasteiger partial charge is 0.289 e. The fourth-order valence-electron chi connectivity index (χ4n) is 3.75. The first-order chi connectivity index (χ1) is 17.2. The number of fused-ring (bicyclic) bond motifs is 1. The van der Waals surface area contributed by atoms with Crippen LogP contribution in [0, 0.1) is 0 Å². The van der Waals surface area contributed by atoms with Gasteiger partial charge in [0.05, 0.1) is 11.4 Å². The number of aromatic nitrogens is 2. The molecule has 0 saturated heterocycles. The van der Waals surface area contributed by atoms with Crippen molar-refractivity contribution in [1.29, 1.82) is 0 Å². The van der Waals surface area contributed by atoms with Crippen molar-refractivity contribution in [1.82, 2.24) is 15.6 Å². The first-order valence-electron chi connectivity index (χ1n) is 11.3. The number of hydrogen-bond donors (Lipinski definition) is 2. The Morgan fingerprint density at radius 3 is 2.54 bits per heavy atom. The molecule has 0 bridgehead atoms. The predicted molar refractivity (Wildman–Crippen MR) is 138 cm³/mol. The van der Waals surface area contributed by atoms with Crippen LogP contribution in [0.25, 0.3) is 22.0 Å². The van der Waals surface area contributed by atoms with Crippen molar-refractivity contribution in [2.75, 3.05) is 0 Å². The number of hydrazone groups is 1. The number of carbonyl (C=O) groups excluding carboxylic acids is 1. The summed E-state index contributed by atoms with van der Waals surface area (Å²) >= 11 is 0. The molecule has 0 fully saturated rings. The molecule has 6 heteroatoms. The van der Waals surface area contributed by atoms with Gasteiger partial charge in [-0.15, -0.1) is 0 Å². The van der Waals surface area contributed by atoms with Gasteiger partial charge in [0.1, 0.15) is 18.1 Å². The van der Waals surface area contributed by atoms with Crippen molar-refractivity contribution in [3.63, 3.8) is 0 Å². The molecule has 0 atom stereocenters. The third-order valence-corrected chi connectivity index (χ3v) is 5.69. The van der Waals surface area contributed by atoms with Gasteiger partial charge in [-0.05, 0) is 53.1 Å². The van der Waals surface area contributed by atoms with Crippen molar-refractivity contribution >= 4 is 22.4 Å². The Morgan fingerprint density at radius 1 is 0.886 bits per heavy atom. The normalized spacial score (nSPS) is 11.4. The quantitative estimate of drug-likeness (QED) is 0.232. The van der Waals surface area contributed by atoms with Gasteiger partial charge in [0.15, 0.2) is 0 Å². The van der Waals surface area contributed by atoms with Gasteiger partial charge in [-0.25, -0.2) is 5.43 Å². The number of carbonyl (C=O) groups is 1. The van der Waals surface area contributed by atoms with Crippen LogP contribution < -0.4 is 10.2 Å². The number of aromatic amines is 1. The predicted octanol–water partition coefficient (Wildman–Crippen LogP) is 5.96. The van der Waals surface area contributed by atoms with Crippen LogP contribution in [0.15, 0.2) is 108 Å². The van der Waals surface area contributed by atoms with Crippen molar-refractivity contribution in [3.05, 3.63) is 120 Å². The molecule has 172 valence electrons. The molecule has 0 spiro atoms. The monoisotopic (exact) mass is 460 g/mol. The third kappa shape index (κ3) is 5.28. The van der Waals surface area contributed by atoms with Crippen molar-refractivity contribution in [2.24, 2.45) is 5.10 Å². The lowest BCUT2D eigenvalue weighted by Crippen LogP contribution is -2.19. The first kappa shape index (κ1) is 22.1. The fourth-order valence-corrected chi connectivity index (χ4v) is 3.75. The molecule has 5 rings (SSSR count). The second-order valence-electron chi connectivity index (χ2n) is 8.17. The second kappa shape index (κ2) is 10.1. The van der Waals surface area contributed by atoms with E-state index in [-0.39, 0.29) is 5.91 Å². The summed E-state index contributed by atoms with van der Waals surface area (Å²) in [4.78, 5) is 12.6. The van der Waals surface area contributed by atoms with E-state index >= 15 is 0 Å². The highest BCUT2D eigenvalue weighted by atomic mass is 16.5. The Morgan fingerprint density at radius 2 is 1.69 bits per heavy atom. The summed E-state index contributed by atoms with van der Waals surface area (Å²) in [6.45, 7) is 2.34. The molecule has 0 saturated carbocycles. The average molecular weight is 461 g/mol. The minimum absolute atomic E-state index is 0.325. The highest BCUT2D eigenvalue weighted by Crippen LogP contribution is 2.23. The number of amides is 1. The maximum Gasteiger partial charge on any atom is 0.289 e. The number of hydrogen-bond acceptors (Lipinski definition) is 4. The van der Waals surface area contributed by atoms with E-state index in [1.165, 1.54) is 0 Å². The summed E-state index contributed by atoms with van der Waals surface area (Å²) in [6.07, 6.45) is 0. The fraction of sp³-hybridized carbons (Fsp3) is 0.0690. The van der Waals surface area contributed by atoms with Crippen molar-refractivity contribution in [2.45, 2.75) is 13.5 Å². The molecule has 0 aliphatic heterocycles. The van der Waals surface area contributed by atoms with Gasteiger partial charge < -0.3 is 4.74 Å². The summed E-state index contributed by atoms with van der Waals surface area (Å²) in [6, 6.07) is 33.6. The molecule has 0 aliphatic rings. The molecule has 1 aromatic heterocycles. The summed E-state index contributed by atoms with van der Waals surface area (Å²) in [7, 11) is 0. The lowest BCUT2D eigenvalue weighted by Gasteiger charge is -2.07. The van der Waals surface area contributed by atoms with Crippen LogP contribution in [0.1, 0.15) is 28.5 Å². The van der Waals surface area contributed by atoms with E-state index in [2.05, 4.69) is 38.9 Å². The summed E-state index contributed by atoms with van der Waals surface area (Å²) < 4.78 is 5.91. The van der Waals surface area contributed by atoms with Crippen LogP contribution in [-0.4, -0.2) is 21.8 Å². The van der Waals surface area contributed by atoms with Gasteiger partial charge in [0.25, 0.3) is 5.91 Å². The Bertz CT molecular complexity index is 1510. The van der Waals surface area contributed by atoms with Crippen molar-refractivity contribution in [3.8, 4) is 17.0 Å². The van der Waals surface area contributed by atoms with Crippen LogP contribution in [0.2, 0.25) is 0 Å². The molecule has 6 nitrogen and oxygen atoms in total. The van der Waals surface area contributed by atoms with Gasteiger partial charge in [-0.2, -0.15) is 10.2 Å². The lowest BCUT2D eigenvalue weighted by atomic mass is 10.0. The number of H-pyrrole nitrogens is 1. The molecule has 35 heavy (non-hydrogen) atoms. The third-order valence-electron chi connectivity index (χ3n) is 5.69. The maximum absolute atomic E-state index is 12.6. The maximum atomic E-state index is 12.6. The summed E-state index contributed by atoms with van der Waals surface area (Å²) in [5.41, 5.74) is 7.19. The molecule has 2 N–H and O–H groups in total. The minimum atomic E-state index is -0.361.